The van der Waals surface area contributed by atoms with Crippen LogP contribution in [0.2, 0.25) is 0 Å². The highest BCUT2D eigenvalue weighted by molar-refractivity contribution is 14.1. The first-order chi connectivity index (χ1) is 10.2. The standard InChI is InChI=1S/C17H24INO3/c1-11(18)15-9-19(16(21)22-17(2,3)4)8-13-6-5-12(10-20)7-14(13)15/h5-7,11,15,20H,8-10H2,1-4H3/t11-,15?/m1/s1. The minimum Gasteiger partial charge on any atom is -0.444 e. The molecule has 1 amide bonds. The summed E-state index contributed by atoms with van der Waals surface area (Å²) in [5.41, 5.74) is 2.83. The third kappa shape index (κ3) is 4.13. The Bertz CT molecular complexity index is 551. The molecule has 22 heavy (non-hydrogen) atoms. The van der Waals surface area contributed by atoms with Crippen LogP contribution in [-0.2, 0) is 17.9 Å². The van der Waals surface area contributed by atoms with Gasteiger partial charge in [-0.1, -0.05) is 47.7 Å². The number of nitrogens with zero attached hydrogens (tertiary/aromatic N) is 1. The van der Waals surface area contributed by atoms with Gasteiger partial charge in [0.05, 0.1) is 6.61 Å². The van der Waals surface area contributed by atoms with E-state index >= 15 is 0 Å². The Morgan fingerprint density at radius 3 is 2.73 bits per heavy atom. The van der Waals surface area contributed by atoms with E-state index in [1.54, 1.807) is 4.90 Å². The van der Waals surface area contributed by atoms with E-state index in [1.165, 1.54) is 5.56 Å². The fourth-order valence-corrected chi connectivity index (χ4v) is 3.31. The molecule has 0 bridgehead atoms. The van der Waals surface area contributed by atoms with Crippen molar-refractivity contribution >= 4 is 28.7 Å². The number of halogens is 1. The van der Waals surface area contributed by atoms with Gasteiger partial charge >= 0.3 is 6.09 Å². The minimum atomic E-state index is -0.483. The minimum absolute atomic E-state index is 0.0470. The molecule has 0 aliphatic carbocycles. The van der Waals surface area contributed by atoms with E-state index in [0.29, 0.717) is 17.0 Å². The van der Waals surface area contributed by atoms with Gasteiger partial charge in [0.15, 0.2) is 0 Å². The van der Waals surface area contributed by atoms with Crippen LogP contribution in [0.5, 0.6) is 0 Å². The van der Waals surface area contributed by atoms with Crippen molar-refractivity contribution in [3.63, 3.8) is 0 Å². The molecule has 1 heterocycles. The van der Waals surface area contributed by atoms with Crippen LogP contribution in [0.1, 0.15) is 50.3 Å². The molecule has 0 radical (unpaired) electrons. The Morgan fingerprint density at radius 1 is 1.50 bits per heavy atom. The molecule has 5 heteroatoms. The summed E-state index contributed by atoms with van der Waals surface area (Å²) in [6.07, 6.45) is -0.258. The third-order valence-electron chi connectivity index (χ3n) is 3.78. The summed E-state index contributed by atoms with van der Waals surface area (Å²) in [5.74, 6) is 0.253. The van der Waals surface area contributed by atoms with Crippen molar-refractivity contribution < 1.29 is 14.6 Å². The van der Waals surface area contributed by atoms with Crippen molar-refractivity contribution in [3.8, 4) is 0 Å². The number of aliphatic hydroxyl groups excluding tert-OH is 1. The Morgan fingerprint density at radius 2 is 2.18 bits per heavy atom. The van der Waals surface area contributed by atoms with Crippen LogP contribution in [0.15, 0.2) is 18.2 Å². The number of ether oxygens (including phenoxy) is 1. The fourth-order valence-electron chi connectivity index (χ4n) is 2.70. The van der Waals surface area contributed by atoms with Gasteiger partial charge in [-0.05, 0) is 37.5 Å². The first kappa shape index (κ1) is 17.5. The van der Waals surface area contributed by atoms with E-state index in [9.17, 15) is 9.90 Å². The van der Waals surface area contributed by atoms with Crippen molar-refractivity contribution in [1.82, 2.24) is 4.90 Å². The third-order valence-corrected chi connectivity index (χ3v) is 4.64. The largest absolute Gasteiger partial charge is 0.444 e. The molecule has 0 saturated heterocycles. The quantitative estimate of drug-likeness (QED) is 0.588. The summed E-state index contributed by atoms with van der Waals surface area (Å²) in [6, 6.07) is 6.01. The van der Waals surface area contributed by atoms with Gasteiger partial charge in [0, 0.05) is 22.9 Å². The van der Waals surface area contributed by atoms with Gasteiger partial charge in [-0.15, -0.1) is 0 Å². The van der Waals surface area contributed by atoms with Crippen LogP contribution in [0.4, 0.5) is 4.79 Å². The zero-order valence-corrected chi connectivity index (χ0v) is 15.8. The van der Waals surface area contributed by atoms with Crippen molar-refractivity contribution in [2.75, 3.05) is 6.54 Å². The molecule has 1 N–H and O–H groups in total. The second-order valence-corrected chi connectivity index (χ2v) is 8.80. The highest BCUT2D eigenvalue weighted by Gasteiger charge is 2.32. The van der Waals surface area contributed by atoms with Gasteiger partial charge < -0.3 is 14.7 Å². The van der Waals surface area contributed by atoms with Gasteiger partial charge in [0.1, 0.15) is 5.60 Å². The van der Waals surface area contributed by atoms with E-state index in [2.05, 4.69) is 35.6 Å². The normalized spacial score (nSPS) is 19.5. The first-order valence-electron chi connectivity index (χ1n) is 7.56. The zero-order chi connectivity index (χ0) is 16.5. The summed E-state index contributed by atoms with van der Waals surface area (Å²) in [5, 5.41) is 9.35. The van der Waals surface area contributed by atoms with Crippen LogP contribution < -0.4 is 0 Å². The van der Waals surface area contributed by atoms with E-state index in [0.717, 1.165) is 11.1 Å². The average molecular weight is 417 g/mol. The second kappa shape index (κ2) is 6.74. The Balaban J connectivity index is 2.28. The fraction of sp³-hybridized carbons (Fsp3) is 0.588. The molecule has 0 spiro atoms. The molecule has 1 aromatic rings. The van der Waals surface area contributed by atoms with Gasteiger partial charge in [0.25, 0.3) is 0 Å². The molecule has 2 rings (SSSR count). The van der Waals surface area contributed by atoms with Crippen LogP contribution in [-0.4, -0.2) is 32.2 Å². The number of amides is 1. The molecule has 122 valence electrons. The van der Waals surface area contributed by atoms with E-state index in [1.807, 2.05) is 32.9 Å². The maximum absolute atomic E-state index is 12.4. The van der Waals surface area contributed by atoms with Gasteiger partial charge in [0.2, 0.25) is 0 Å². The lowest BCUT2D eigenvalue weighted by Gasteiger charge is -2.37. The lowest BCUT2D eigenvalue weighted by atomic mass is 9.87. The summed E-state index contributed by atoms with van der Waals surface area (Å²) >= 11 is 2.40. The van der Waals surface area contributed by atoms with Crippen molar-refractivity contribution in [1.29, 1.82) is 0 Å². The molecular formula is C17H24INO3. The number of rotatable bonds is 2. The summed E-state index contributed by atoms with van der Waals surface area (Å²) in [7, 11) is 0. The van der Waals surface area contributed by atoms with E-state index in [-0.39, 0.29) is 18.6 Å². The maximum Gasteiger partial charge on any atom is 0.410 e. The Kier molecular flexibility index (Phi) is 5.37. The van der Waals surface area contributed by atoms with Crippen molar-refractivity contribution in [3.05, 3.63) is 34.9 Å². The van der Waals surface area contributed by atoms with Gasteiger partial charge in [-0.3, -0.25) is 0 Å². The van der Waals surface area contributed by atoms with Crippen LogP contribution >= 0.6 is 22.6 Å². The monoisotopic (exact) mass is 417 g/mol. The topological polar surface area (TPSA) is 49.8 Å². The number of hydrogen-bond donors (Lipinski definition) is 1. The van der Waals surface area contributed by atoms with Gasteiger partial charge in [-0.25, -0.2) is 4.79 Å². The Hall–Kier alpha value is -0.820. The Labute approximate surface area is 146 Å². The molecule has 0 aromatic heterocycles. The summed E-state index contributed by atoms with van der Waals surface area (Å²) in [6.45, 7) is 9.07. The highest BCUT2D eigenvalue weighted by Crippen LogP contribution is 2.35. The number of hydrogen-bond acceptors (Lipinski definition) is 3. The van der Waals surface area contributed by atoms with Gasteiger partial charge in [-0.2, -0.15) is 0 Å². The van der Waals surface area contributed by atoms with Crippen molar-refractivity contribution in [2.24, 2.45) is 0 Å². The molecule has 4 nitrogen and oxygen atoms in total. The number of benzene rings is 1. The molecule has 2 atom stereocenters. The molecule has 0 saturated carbocycles. The predicted octanol–water partition coefficient (Wildman–Crippen LogP) is 3.84. The SMILES string of the molecule is C[C@@H](I)C1CN(C(=O)OC(C)(C)C)Cc2ccc(CO)cc21. The molecular weight excluding hydrogens is 393 g/mol. The maximum atomic E-state index is 12.4. The molecule has 1 unspecified atom stereocenters. The van der Waals surface area contributed by atoms with Crippen LogP contribution in [0.25, 0.3) is 0 Å². The molecule has 1 aliphatic heterocycles. The van der Waals surface area contributed by atoms with E-state index < -0.39 is 5.60 Å². The number of alkyl halides is 1. The average Bonchev–Trinajstić information content (AvgIpc) is 2.43. The highest BCUT2D eigenvalue weighted by atomic mass is 127. The smallest absolute Gasteiger partial charge is 0.410 e. The summed E-state index contributed by atoms with van der Waals surface area (Å²) < 4.78 is 5.89. The molecule has 1 aliphatic rings. The molecule has 1 aromatic carbocycles. The number of aliphatic hydroxyl groups is 1. The number of fused-ring (bicyclic) bond motifs is 1. The van der Waals surface area contributed by atoms with E-state index in [4.69, 9.17) is 4.74 Å². The van der Waals surface area contributed by atoms with Crippen LogP contribution in [0.3, 0.4) is 0 Å². The zero-order valence-electron chi connectivity index (χ0n) is 13.6. The lowest BCUT2D eigenvalue weighted by molar-refractivity contribution is 0.0206. The molecule has 0 fully saturated rings. The predicted molar refractivity (Wildman–Crippen MR) is 95.2 cm³/mol. The lowest BCUT2D eigenvalue weighted by Crippen LogP contribution is -2.42. The summed E-state index contributed by atoms with van der Waals surface area (Å²) in [4.78, 5) is 14.2. The number of carbonyl (C=O) groups is 1. The van der Waals surface area contributed by atoms with Crippen LogP contribution in [0, 0.1) is 0 Å². The van der Waals surface area contributed by atoms with Crippen molar-refractivity contribution in [2.45, 2.75) is 56.3 Å². The first-order valence-corrected chi connectivity index (χ1v) is 8.80. The second-order valence-electron chi connectivity index (χ2n) is 6.84. The number of carbonyl (C=O) groups excluding carboxylic acids is 1.